The van der Waals surface area contributed by atoms with Crippen molar-refractivity contribution in [2.24, 2.45) is 0 Å². The Morgan fingerprint density at radius 1 is 0.955 bits per heavy atom. The Kier molecular flexibility index (Phi) is 4.20. The molecule has 4 nitrogen and oxygen atoms in total. The Morgan fingerprint density at radius 3 is 2.36 bits per heavy atom. The van der Waals surface area contributed by atoms with Crippen molar-refractivity contribution in [2.45, 2.75) is 19.1 Å². The summed E-state index contributed by atoms with van der Waals surface area (Å²) in [5, 5.41) is 3.44. The van der Waals surface area contributed by atoms with E-state index in [1.807, 2.05) is 12.1 Å². The van der Waals surface area contributed by atoms with Crippen molar-refractivity contribution in [2.75, 3.05) is 21.3 Å². The zero-order chi connectivity index (χ0) is 15.5. The van der Waals surface area contributed by atoms with E-state index < -0.39 is 0 Å². The largest absolute Gasteiger partial charge is 0.501 e. The van der Waals surface area contributed by atoms with Gasteiger partial charge >= 0.3 is 0 Å². The van der Waals surface area contributed by atoms with Crippen LogP contribution in [0.25, 0.3) is 5.70 Å². The third kappa shape index (κ3) is 2.74. The summed E-state index contributed by atoms with van der Waals surface area (Å²) in [5.74, 6) is 1.86. The van der Waals surface area contributed by atoms with Gasteiger partial charge in [0.15, 0.2) is 6.23 Å². The summed E-state index contributed by atoms with van der Waals surface area (Å²) in [6.07, 6.45) is 6.04. The van der Waals surface area contributed by atoms with Crippen LogP contribution in [0.5, 0.6) is 5.75 Å². The molecule has 4 heteroatoms. The molecular formula is C18H21NO3. The van der Waals surface area contributed by atoms with Crippen molar-refractivity contribution >= 4 is 5.70 Å². The summed E-state index contributed by atoms with van der Waals surface area (Å²) in [5.41, 5.74) is 4.65. The summed E-state index contributed by atoms with van der Waals surface area (Å²) < 4.78 is 16.2. The van der Waals surface area contributed by atoms with Gasteiger partial charge in [-0.05, 0) is 54.0 Å². The minimum absolute atomic E-state index is 0.150. The fraction of sp³-hybridized carbons (Fsp3) is 0.333. The number of allylic oxidation sites excluding steroid dienone is 3. The molecule has 0 spiro atoms. The van der Waals surface area contributed by atoms with Crippen LogP contribution in [0, 0.1) is 0 Å². The van der Waals surface area contributed by atoms with Crippen LogP contribution in [-0.4, -0.2) is 27.6 Å². The number of rotatable bonds is 4. The van der Waals surface area contributed by atoms with Crippen molar-refractivity contribution in [1.29, 1.82) is 0 Å². The number of hydrogen-bond acceptors (Lipinski definition) is 4. The van der Waals surface area contributed by atoms with Crippen LogP contribution in [0.4, 0.5) is 0 Å². The minimum Gasteiger partial charge on any atom is -0.501 e. The lowest BCUT2D eigenvalue weighted by atomic mass is 9.90. The van der Waals surface area contributed by atoms with E-state index in [2.05, 4.69) is 29.6 Å². The predicted octanol–water partition coefficient (Wildman–Crippen LogP) is 3.23. The lowest BCUT2D eigenvalue weighted by molar-refractivity contribution is 0.117. The molecule has 0 amide bonds. The Labute approximate surface area is 131 Å². The highest BCUT2D eigenvalue weighted by atomic mass is 16.5. The van der Waals surface area contributed by atoms with E-state index in [0.717, 1.165) is 41.2 Å². The SMILES string of the molecule is COC1=CC2=C(C=C(c3ccc(OC)cc3)NC2OC)CC1. The first-order chi connectivity index (χ1) is 10.7. The molecule has 0 bridgehead atoms. The zero-order valence-electron chi connectivity index (χ0n) is 13.2. The van der Waals surface area contributed by atoms with E-state index in [9.17, 15) is 0 Å². The van der Waals surface area contributed by atoms with Gasteiger partial charge < -0.3 is 19.5 Å². The van der Waals surface area contributed by atoms with Crippen molar-refractivity contribution in [3.63, 3.8) is 0 Å². The molecule has 1 heterocycles. The average Bonchev–Trinajstić information content (AvgIpc) is 2.60. The van der Waals surface area contributed by atoms with Gasteiger partial charge in [0.2, 0.25) is 0 Å². The van der Waals surface area contributed by atoms with Gasteiger partial charge in [0, 0.05) is 24.8 Å². The summed E-state index contributed by atoms with van der Waals surface area (Å²) in [6, 6.07) is 8.03. The number of dihydropyridines is 1. The number of methoxy groups -OCH3 is 3. The highest BCUT2D eigenvalue weighted by Gasteiger charge is 2.25. The average molecular weight is 299 g/mol. The maximum absolute atomic E-state index is 5.62. The van der Waals surface area contributed by atoms with Crippen molar-refractivity contribution in [1.82, 2.24) is 5.32 Å². The number of nitrogens with one attached hydrogen (secondary N) is 1. The van der Waals surface area contributed by atoms with Gasteiger partial charge in [-0.3, -0.25) is 0 Å². The molecule has 1 N–H and O–H groups in total. The topological polar surface area (TPSA) is 39.7 Å². The predicted molar refractivity (Wildman–Crippen MR) is 86.3 cm³/mol. The lowest BCUT2D eigenvalue weighted by Crippen LogP contribution is -2.35. The van der Waals surface area contributed by atoms with Crippen LogP contribution in [0.15, 0.2) is 53.3 Å². The van der Waals surface area contributed by atoms with Crippen LogP contribution in [-0.2, 0) is 9.47 Å². The smallest absolute Gasteiger partial charge is 0.154 e. The second-order valence-electron chi connectivity index (χ2n) is 5.34. The first-order valence-corrected chi connectivity index (χ1v) is 7.38. The lowest BCUT2D eigenvalue weighted by Gasteiger charge is -2.31. The molecule has 1 aromatic carbocycles. The Bertz CT molecular complexity index is 641. The summed E-state index contributed by atoms with van der Waals surface area (Å²) in [7, 11) is 5.11. The van der Waals surface area contributed by atoms with Gasteiger partial charge in [-0.1, -0.05) is 0 Å². The monoisotopic (exact) mass is 299 g/mol. The molecule has 0 saturated heterocycles. The maximum Gasteiger partial charge on any atom is 0.154 e. The molecule has 0 radical (unpaired) electrons. The Morgan fingerprint density at radius 2 is 1.73 bits per heavy atom. The summed E-state index contributed by atoms with van der Waals surface area (Å²) >= 11 is 0. The van der Waals surface area contributed by atoms with Crippen molar-refractivity contribution < 1.29 is 14.2 Å². The van der Waals surface area contributed by atoms with E-state index in [4.69, 9.17) is 14.2 Å². The third-order valence-electron chi connectivity index (χ3n) is 4.11. The van der Waals surface area contributed by atoms with Gasteiger partial charge in [-0.15, -0.1) is 0 Å². The second kappa shape index (κ2) is 6.28. The molecule has 116 valence electrons. The van der Waals surface area contributed by atoms with Crippen LogP contribution in [0.3, 0.4) is 0 Å². The van der Waals surface area contributed by atoms with Crippen molar-refractivity contribution in [3.05, 3.63) is 58.9 Å². The highest BCUT2D eigenvalue weighted by molar-refractivity contribution is 5.71. The van der Waals surface area contributed by atoms with E-state index in [-0.39, 0.29) is 6.23 Å². The van der Waals surface area contributed by atoms with Crippen molar-refractivity contribution in [3.8, 4) is 5.75 Å². The van der Waals surface area contributed by atoms with Gasteiger partial charge in [0.25, 0.3) is 0 Å². The molecule has 1 aliphatic carbocycles. The van der Waals surface area contributed by atoms with E-state index in [0.29, 0.717) is 0 Å². The highest BCUT2D eigenvalue weighted by Crippen LogP contribution is 2.33. The standard InChI is InChI=1S/C18H21NO3/c1-20-14-7-4-12(5-8-14)17-10-13-6-9-15(21-2)11-16(13)18(19-17)22-3/h4-5,7-8,10-11,18-19H,6,9H2,1-3H3. The van der Waals surface area contributed by atoms with Crippen LogP contribution in [0.2, 0.25) is 0 Å². The first kappa shape index (κ1) is 14.7. The van der Waals surface area contributed by atoms with Crippen LogP contribution >= 0.6 is 0 Å². The van der Waals surface area contributed by atoms with E-state index in [1.54, 1.807) is 21.3 Å². The molecule has 0 aromatic heterocycles. The molecule has 22 heavy (non-hydrogen) atoms. The quantitative estimate of drug-likeness (QED) is 0.926. The van der Waals surface area contributed by atoms with Crippen LogP contribution < -0.4 is 10.1 Å². The fourth-order valence-electron chi connectivity index (χ4n) is 2.86. The van der Waals surface area contributed by atoms with E-state index >= 15 is 0 Å². The first-order valence-electron chi connectivity index (χ1n) is 7.38. The molecule has 2 aliphatic rings. The number of benzene rings is 1. The molecule has 1 atom stereocenters. The summed E-state index contributed by atoms with van der Waals surface area (Å²) in [4.78, 5) is 0. The normalized spacial score (nSPS) is 20.6. The second-order valence-corrected chi connectivity index (χ2v) is 5.34. The van der Waals surface area contributed by atoms with Crippen LogP contribution in [0.1, 0.15) is 18.4 Å². The van der Waals surface area contributed by atoms with Gasteiger partial charge in [-0.2, -0.15) is 0 Å². The zero-order valence-corrected chi connectivity index (χ0v) is 13.2. The molecule has 0 fully saturated rings. The van der Waals surface area contributed by atoms with Gasteiger partial charge in [-0.25, -0.2) is 0 Å². The number of ether oxygens (including phenoxy) is 3. The van der Waals surface area contributed by atoms with Gasteiger partial charge in [0.05, 0.1) is 20.0 Å². The summed E-state index contributed by atoms with van der Waals surface area (Å²) in [6.45, 7) is 0. The molecule has 1 unspecified atom stereocenters. The van der Waals surface area contributed by atoms with E-state index in [1.165, 1.54) is 5.57 Å². The molecule has 1 aliphatic heterocycles. The molecule has 3 rings (SSSR count). The fourth-order valence-corrected chi connectivity index (χ4v) is 2.86. The Balaban J connectivity index is 1.95. The molecule has 1 aromatic rings. The molecular weight excluding hydrogens is 278 g/mol. The maximum atomic E-state index is 5.62. The van der Waals surface area contributed by atoms with Gasteiger partial charge in [0.1, 0.15) is 5.75 Å². The third-order valence-corrected chi connectivity index (χ3v) is 4.11. The molecule has 0 saturated carbocycles. The Hall–Kier alpha value is -2.20. The number of hydrogen-bond donors (Lipinski definition) is 1. The minimum atomic E-state index is -0.150.